The highest BCUT2D eigenvalue weighted by atomic mass is 16.5. The summed E-state index contributed by atoms with van der Waals surface area (Å²) < 4.78 is 12.1. The lowest BCUT2D eigenvalue weighted by Crippen LogP contribution is -2.40. The van der Waals surface area contributed by atoms with Crippen LogP contribution in [0.2, 0.25) is 0 Å². The van der Waals surface area contributed by atoms with Crippen molar-refractivity contribution >= 4 is 5.91 Å². The molecule has 0 spiro atoms. The number of hydrogen-bond acceptors (Lipinski definition) is 5. The second-order valence-corrected chi connectivity index (χ2v) is 5.87. The molecule has 0 unspecified atom stereocenters. The molecule has 0 aromatic carbocycles. The summed E-state index contributed by atoms with van der Waals surface area (Å²) in [7, 11) is 1.57. The van der Waals surface area contributed by atoms with Crippen molar-refractivity contribution in [2.75, 3.05) is 33.4 Å². The van der Waals surface area contributed by atoms with Gasteiger partial charge in [-0.05, 0) is 24.3 Å². The molecule has 0 atom stereocenters. The molecule has 1 saturated heterocycles. The Morgan fingerprint density at radius 2 is 2.12 bits per heavy atom. The van der Waals surface area contributed by atoms with Crippen LogP contribution in [-0.2, 0) is 4.74 Å². The third kappa shape index (κ3) is 3.06. The van der Waals surface area contributed by atoms with Crippen LogP contribution in [0.25, 0.3) is 17.1 Å². The topological polar surface area (TPSA) is 85.3 Å². The Morgan fingerprint density at radius 1 is 1.27 bits per heavy atom. The fraction of sp³-hybridized carbons (Fsp3) is 0.278. The summed E-state index contributed by atoms with van der Waals surface area (Å²) >= 11 is 0. The summed E-state index contributed by atoms with van der Waals surface area (Å²) in [4.78, 5) is 22.0. The second kappa shape index (κ2) is 7.01. The standard InChI is InChI=1S/C18H19N5O3/c1-25-17-5-4-13(12-20-17)23-16(14-3-2-6-19-14)11-15(21-23)18(24)22-7-9-26-10-8-22/h2-6,11-12,19H,7-10H2,1H3. The van der Waals surface area contributed by atoms with Gasteiger partial charge in [0, 0.05) is 25.4 Å². The van der Waals surface area contributed by atoms with E-state index < -0.39 is 0 Å². The quantitative estimate of drug-likeness (QED) is 0.772. The van der Waals surface area contributed by atoms with E-state index in [0.717, 1.165) is 17.1 Å². The van der Waals surface area contributed by atoms with E-state index in [4.69, 9.17) is 9.47 Å². The molecule has 0 bridgehead atoms. The van der Waals surface area contributed by atoms with Gasteiger partial charge in [0.25, 0.3) is 5.91 Å². The lowest BCUT2D eigenvalue weighted by molar-refractivity contribution is 0.0298. The molecule has 3 aromatic rings. The predicted molar refractivity (Wildman–Crippen MR) is 94.4 cm³/mol. The van der Waals surface area contributed by atoms with Crippen LogP contribution < -0.4 is 4.74 Å². The average Bonchev–Trinajstić information content (AvgIpc) is 3.38. The molecule has 26 heavy (non-hydrogen) atoms. The molecule has 1 amide bonds. The Kier molecular flexibility index (Phi) is 4.40. The first-order chi connectivity index (χ1) is 12.8. The molecule has 1 N–H and O–H groups in total. The number of rotatable bonds is 4. The lowest BCUT2D eigenvalue weighted by atomic mass is 10.2. The van der Waals surface area contributed by atoms with Crippen LogP contribution in [0, 0.1) is 0 Å². The molecule has 1 aliphatic heterocycles. The Balaban J connectivity index is 1.74. The minimum Gasteiger partial charge on any atom is -0.481 e. The van der Waals surface area contributed by atoms with Gasteiger partial charge in [-0.1, -0.05) is 0 Å². The first-order valence-corrected chi connectivity index (χ1v) is 8.37. The van der Waals surface area contributed by atoms with E-state index in [1.165, 1.54) is 0 Å². The second-order valence-electron chi connectivity index (χ2n) is 5.87. The van der Waals surface area contributed by atoms with Crippen LogP contribution in [0.15, 0.2) is 42.7 Å². The fourth-order valence-electron chi connectivity index (χ4n) is 2.91. The number of ether oxygens (including phenoxy) is 2. The Morgan fingerprint density at radius 3 is 2.77 bits per heavy atom. The third-order valence-corrected chi connectivity index (χ3v) is 4.28. The van der Waals surface area contributed by atoms with Crippen LogP contribution in [-0.4, -0.2) is 64.0 Å². The van der Waals surface area contributed by atoms with Gasteiger partial charge < -0.3 is 19.4 Å². The number of H-pyrrole nitrogens is 1. The van der Waals surface area contributed by atoms with E-state index in [2.05, 4.69) is 15.1 Å². The van der Waals surface area contributed by atoms with Crippen LogP contribution in [0.3, 0.4) is 0 Å². The van der Waals surface area contributed by atoms with Gasteiger partial charge >= 0.3 is 0 Å². The largest absolute Gasteiger partial charge is 0.481 e. The summed E-state index contributed by atoms with van der Waals surface area (Å²) in [6, 6.07) is 9.26. The minimum atomic E-state index is -0.0960. The van der Waals surface area contributed by atoms with Gasteiger partial charge in [-0.2, -0.15) is 5.10 Å². The van der Waals surface area contributed by atoms with Gasteiger partial charge in [-0.3, -0.25) is 4.79 Å². The van der Waals surface area contributed by atoms with Crippen molar-refractivity contribution in [3.8, 4) is 23.0 Å². The van der Waals surface area contributed by atoms with Crippen molar-refractivity contribution in [3.63, 3.8) is 0 Å². The Bertz CT molecular complexity index is 880. The summed E-state index contributed by atoms with van der Waals surface area (Å²) in [6.07, 6.45) is 3.50. The van der Waals surface area contributed by atoms with Gasteiger partial charge in [-0.25, -0.2) is 9.67 Å². The summed E-state index contributed by atoms with van der Waals surface area (Å²) in [5.41, 5.74) is 2.80. The van der Waals surface area contributed by atoms with Gasteiger partial charge in [0.05, 0.1) is 43.6 Å². The van der Waals surface area contributed by atoms with Crippen molar-refractivity contribution in [3.05, 3.63) is 48.4 Å². The Hall–Kier alpha value is -3.13. The number of nitrogens with one attached hydrogen (secondary N) is 1. The first kappa shape index (κ1) is 16.3. The SMILES string of the molecule is COc1ccc(-n2nc(C(=O)N3CCOCC3)cc2-c2ccc[nH]2)cn1. The third-order valence-electron chi connectivity index (χ3n) is 4.28. The number of amides is 1. The molecule has 1 aliphatic rings. The number of morpholine rings is 1. The van der Waals surface area contributed by atoms with Crippen LogP contribution in [0.4, 0.5) is 0 Å². The molecule has 1 fully saturated rings. The zero-order valence-corrected chi connectivity index (χ0v) is 14.4. The highest BCUT2D eigenvalue weighted by Gasteiger charge is 2.23. The van der Waals surface area contributed by atoms with Crippen molar-refractivity contribution in [2.45, 2.75) is 0 Å². The van der Waals surface area contributed by atoms with Crippen LogP contribution in [0.5, 0.6) is 5.88 Å². The number of hydrogen-bond donors (Lipinski definition) is 1. The summed E-state index contributed by atoms with van der Waals surface area (Å²) in [5.74, 6) is 0.424. The predicted octanol–water partition coefficient (Wildman–Crippen LogP) is 1.74. The summed E-state index contributed by atoms with van der Waals surface area (Å²) in [5, 5.41) is 4.55. The fourth-order valence-corrected chi connectivity index (χ4v) is 2.91. The van der Waals surface area contributed by atoms with E-state index in [1.807, 2.05) is 24.4 Å². The van der Waals surface area contributed by atoms with E-state index in [-0.39, 0.29) is 5.91 Å². The van der Waals surface area contributed by atoms with Crippen molar-refractivity contribution < 1.29 is 14.3 Å². The van der Waals surface area contributed by atoms with Gasteiger partial charge in [-0.15, -0.1) is 0 Å². The van der Waals surface area contributed by atoms with Gasteiger partial charge in [0.2, 0.25) is 5.88 Å². The van der Waals surface area contributed by atoms with Crippen LogP contribution >= 0.6 is 0 Å². The number of carbonyl (C=O) groups excluding carboxylic acids is 1. The number of aromatic amines is 1. The van der Waals surface area contributed by atoms with Gasteiger partial charge in [0.1, 0.15) is 0 Å². The maximum atomic E-state index is 12.8. The summed E-state index contributed by atoms with van der Waals surface area (Å²) in [6.45, 7) is 2.26. The average molecular weight is 353 g/mol. The van der Waals surface area contributed by atoms with Crippen molar-refractivity contribution in [1.29, 1.82) is 0 Å². The molecule has 8 heteroatoms. The maximum Gasteiger partial charge on any atom is 0.274 e. The van der Waals surface area contributed by atoms with E-state index >= 15 is 0 Å². The van der Waals surface area contributed by atoms with Crippen LogP contribution in [0.1, 0.15) is 10.5 Å². The maximum absolute atomic E-state index is 12.8. The molecule has 0 saturated carbocycles. The smallest absolute Gasteiger partial charge is 0.274 e. The molecule has 8 nitrogen and oxygen atoms in total. The number of pyridine rings is 1. The number of carbonyl (C=O) groups is 1. The highest BCUT2D eigenvalue weighted by Crippen LogP contribution is 2.24. The molecule has 3 aromatic heterocycles. The van der Waals surface area contributed by atoms with Gasteiger partial charge in [0.15, 0.2) is 5.69 Å². The normalized spacial score (nSPS) is 14.4. The molecular weight excluding hydrogens is 334 g/mol. The number of methoxy groups -OCH3 is 1. The molecule has 4 rings (SSSR count). The van der Waals surface area contributed by atoms with E-state index in [1.54, 1.807) is 35.0 Å². The molecule has 0 aliphatic carbocycles. The lowest BCUT2D eigenvalue weighted by Gasteiger charge is -2.25. The molecule has 4 heterocycles. The zero-order valence-electron chi connectivity index (χ0n) is 14.4. The molecular formula is C18H19N5O3. The van der Waals surface area contributed by atoms with Crippen molar-refractivity contribution in [2.24, 2.45) is 0 Å². The zero-order chi connectivity index (χ0) is 17.9. The van der Waals surface area contributed by atoms with E-state index in [0.29, 0.717) is 37.9 Å². The monoisotopic (exact) mass is 353 g/mol. The molecule has 0 radical (unpaired) electrons. The molecule has 134 valence electrons. The minimum absolute atomic E-state index is 0.0960. The van der Waals surface area contributed by atoms with E-state index in [9.17, 15) is 4.79 Å². The highest BCUT2D eigenvalue weighted by molar-refractivity contribution is 5.93. The number of nitrogens with zero attached hydrogens (tertiary/aromatic N) is 4. The first-order valence-electron chi connectivity index (χ1n) is 8.37. The van der Waals surface area contributed by atoms with Crippen molar-refractivity contribution in [1.82, 2.24) is 24.6 Å². The number of aromatic nitrogens is 4. The Labute approximate surface area is 150 Å².